The van der Waals surface area contributed by atoms with Crippen LogP contribution in [0.4, 0.5) is 30.7 Å². The topological polar surface area (TPSA) is 47.0 Å². The molecule has 0 aliphatic heterocycles. The van der Waals surface area contributed by atoms with Gasteiger partial charge in [0.2, 0.25) is 9.84 Å². The van der Waals surface area contributed by atoms with Crippen molar-refractivity contribution in [3.8, 4) is 0 Å². The van der Waals surface area contributed by atoms with E-state index in [0.717, 1.165) is 0 Å². The van der Waals surface area contributed by atoms with Crippen molar-refractivity contribution in [3.05, 3.63) is 50.6 Å². The lowest BCUT2D eigenvalue weighted by Gasteiger charge is -2.32. The first kappa shape index (κ1) is 23.6. The number of hydrogen-bond acceptors (Lipinski definition) is 3. The average Bonchev–Trinajstić information content (AvgIpc) is 2.52. The lowest BCUT2D eigenvalue weighted by Crippen LogP contribution is -2.56. The Kier molecular flexibility index (Phi) is 6.11. The zero-order valence-electron chi connectivity index (χ0n) is 13.0. The minimum atomic E-state index is -6.82. The summed E-state index contributed by atoms with van der Waals surface area (Å²) in [5.74, 6) is -6.82. The normalized spacial score (nSPS) is 21.9. The molecule has 0 spiro atoms. The maximum atomic E-state index is 13.9. The molecule has 0 amide bonds. The van der Waals surface area contributed by atoms with E-state index in [0.29, 0.717) is 12.2 Å². The average molecular weight is 582 g/mol. The van der Waals surface area contributed by atoms with Crippen LogP contribution in [0.2, 0.25) is 5.15 Å². The first-order valence-electron chi connectivity index (χ1n) is 6.93. The first-order chi connectivity index (χ1) is 12.5. The number of alkyl halides is 8. The molecule has 156 valence electrons. The van der Waals surface area contributed by atoms with Crippen molar-refractivity contribution in [1.29, 1.82) is 0 Å². The Labute approximate surface area is 175 Å². The highest BCUT2D eigenvalue weighted by molar-refractivity contribution is 9.12. The molecule has 1 atom stereocenters. The van der Waals surface area contributed by atoms with Crippen molar-refractivity contribution in [2.24, 2.45) is 0 Å². The van der Waals surface area contributed by atoms with Crippen molar-refractivity contribution in [1.82, 2.24) is 4.98 Å². The van der Waals surface area contributed by atoms with Gasteiger partial charge >= 0.3 is 17.4 Å². The van der Waals surface area contributed by atoms with Crippen LogP contribution in [0.25, 0.3) is 0 Å². The quantitative estimate of drug-likeness (QED) is 0.246. The highest BCUT2D eigenvalue weighted by Gasteiger charge is 2.79. The number of nitrogens with zero attached hydrogens (tertiary/aromatic N) is 1. The summed E-state index contributed by atoms with van der Waals surface area (Å²) in [7, 11) is -6.47. The van der Waals surface area contributed by atoms with E-state index < -0.39 is 36.4 Å². The minimum Gasteiger partial charge on any atom is -0.244 e. The van der Waals surface area contributed by atoms with E-state index in [1.807, 2.05) is 0 Å². The van der Waals surface area contributed by atoms with E-state index in [9.17, 15) is 39.2 Å². The van der Waals surface area contributed by atoms with Gasteiger partial charge in [-0.25, -0.2) is 13.4 Å². The Bertz CT molecular complexity index is 963. The summed E-state index contributed by atoms with van der Waals surface area (Å²) in [6.45, 7) is 0. The molecular formula is C14H7Br2ClF7NO2S. The number of aromatic nitrogens is 1. The largest absolute Gasteiger partial charge is 0.461 e. The van der Waals surface area contributed by atoms with Gasteiger partial charge in [0, 0.05) is 18.2 Å². The van der Waals surface area contributed by atoms with Gasteiger partial charge in [0.15, 0.2) is 0 Å². The molecular weight excluding hydrogens is 574 g/mol. The SMILES string of the molecule is O=S(=O)(C1=CC(Br)(c2cccnc2Cl)CC(Br)=C1)C(F)(F)C(F)(F)C(F)(F)F. The van der Waals surface area contributed by atoms with Gasteiger partial charge in [-0.2, -0.15) is 30.7 Å². The second-order valence-corrected chi connectivity index (χ2v) is 10.4. The maximum absolute atomic E-state index is 13.9. The fraction of sp³-hybridized carbons (Fsp3) is 0.357. The van der Waals surface area contributed by atoms with Crippen molar-refractivity contribution in [2.75, 3.05) is 0 Å². The molecule has 0 aromatic carbocycles. The summed E-state index contributed by atoms with van der Waals surface area (Å²) in [6.07, 6.45) is -4.53. The summed E-state index contributed by atoms with van der Waals surface area (Å²) >= 11 is 11.9. The van der Waals surface area contributed by atoms with Crippen molar-refractivity contribution in [3.63, 3.8) is 0 Å². The molecule has 1 unspecified atom stereocenters. The highest BCUT2D eigenvalue weighted by Crippen LogP contribution is 2.53. The first-order valence-corrected chi connectivity index (χ1v) is 10.4. The molecule has 1 heterocycles. The van der Waals surface area contributed by atoms with E-state index in [1.54, 1.807) is 0 Å². The van der Waals surface area contributed by atoms with Crippen LogP contribution in [0.5, 0.6) is 0 Å². The monoisotopic (exact) mass is 579 g/mol. The third kappa shape index (κ3) is 3.74. The van der Waals surface area contributed by atoms with Crippen LogP contribution in [0.15, 0.2) is 39.9 Å². The Balaban J connectivity index is 2.68. The molecule has 14 heteroatoms. The molecule has 28 heavy (non-hydrogen) atoms. The molecule has 1 aliphatic carbocycles. The van der Waals surface area contributed by atoms with Crippen molar-refractivity contribution >= 4 is 53.3 Å². The van der Waals surface area contributed by atoms with E-state index >= 15 is 0 Å². The van der Waals surface area contributed by atoms with Crippen LogP contribution in [0, 0.1) is 0 Å². The predicted molar refractivity (Wildman–Crippen MR) is 94.4 cm³/mol. The van der Waals surface area contributed by atoms with Gasteiger partial charge in [0.25, 0.3) is 0 Å². The zero-order valence-corrected chi connectivity index (χ0v) is 17.8. The van der Waals surface area contributed by atoms with Gasteiger partial charge in [0.1, 0.15) is 5.15 Å². The number of halogens is 10. The molecule has 0 N–H and O–H groups in total. The Morgan fingerprint density at radius 3 is 2.21 bits per heavy atom. The molecule has 2 rings (SSSR count). The van der Waals surface area contributed by atoms with Gasteiger partial charge in [-0.15, -0.1) is 0 Å². The fourth-order valence-corrected chi connectivity index (χ4v) is 6.32. The Morgan fingerprint density at radius 1 is 1.14 bits per heavy atom. The van der Waals surface area contributed by atoms with Crippen LogP contribution in [0.1, 0.15) is 12.0 Å². The maximum Gasteiger partial charge on any atom is 0.461 e. The van der Waals surface area contributed by atoms with Crippen LogP contribution in [-0.2, 0) is 14.2 Å². The molecule has 1 aromatic rings. The summed E-state index contributed by atoms with van der Waals surface area (Å²) in [5, 5.41) is -6.63. The van der Waals surface area contributed by atoms with Crippen LogP contribution in [-0.4, -0.2) is 30.8 Å². The smallest absolute Gasteiger partial charge is 0.244 e. The van der Waals surface area contributed by atoms with E-state index in [1.165, 1.54) is 18.3 Å². The standard InChI is InChI=1S/C14H7Br2ClF7NO2S/c15-7-4-8(6-11(16,5-7)9-2-1-3-25-10(9)17)28(26,27)14(23,24)12(18,19)13(20,21)22/h1-4,6H,5H2. The van der Waals surface area contributed by atoms with E-state index in [-0.39, 0.29) is 21.6 Å². The molecule has 1 aromatic heterocycles. The molecule has 1 aliphatic rings. The van der Waals surface area contributed by atoms with Gasteiger partial charge in [-0.05, 0) is 22.7 Å². The van der Waals surface area contributed by atoms with Crippen molar-refractivity contribution in [2.45, 2.75) is 28.1 Å². The summed E-state index contributed by atoms with van der Waals surface area (Å²) in [6, 6.07) is 2.73. The third-order valence-electron chi connectivity index (χ3n) is 3.67. The van der Waals surface area contributed by atoms with Crippen molar-refractivity contribution < 1.29 is 39.2 Å². The molecule has 0 saturated heterocycles. The lowest BCUT2D eigenvalue weighted by molar-refractivity contribution is -0.331. The minimum absolute atomic E-state index is 0.0727. The van der Waals surface area contributed by atoms with Gasteiger partial charge < -0.3 is 0 Å². The number of pyridine rings is 1. The fourth-order valence-electron chi connectivity index (χ4n) is 2.28. The second kappa shape index (κ2) is 7.24. The number of allylic oxidation sites excluding steroid dienone is 3. The van der Waals surface area contributed by atoms with E-state index in [4.69, 9.17) is 11.6 Å². The number of rotatable bonds is 4. The summed E-state index contributed by atoms with van der Waals surface area (Å²) < 4.78 is 114. The molecule has 0 radical (unpaired) electrons. The molecule has 0 bridgehead atoms. The van der Waals surface area contributed by atoms with Gasteiger partial charge in [0.05, 0.1) is 9.23 Å². The molecule has 0 fully saturated rings. The van der Waals surface area contributed by atoms with Crippen LogP contribution < -0.4 is 0 Å². The Hall–Kier alpha value is -0.660. The molecule has 3 nitrogen and oxygen atoms in total. The van der Waals surface area contributed by atoms with Gasteiger partial charge in [-0.3, -0.25) is 0 Å². The third-order valence-corrected chi connectivity index (χ3v) is 7.21. The zero-order chi connectivity index (χ0) is 21.8. The number of hydrogen-bond donors (Lipinski definition) is 0. The highest BCUT2D eigenvalue weighted by atomic mass is 79.9. The molecule has 0 saturated carbocycles. The van der Waals surface area contributed by atoms with E-state index in [2.05, 4.69) is 36.8 Å². The van der Waals surface area contributed by atoms with Crippen LogP contribution >= 0.6 is 43.5 Å². The second-order valence-electron chi connectivity index (χ2n) is 5.61. The number of sulfone groups is 1. The predicted octanol–water partition coefficient (Wildman–Crippen LogP) is 6.10. The summed E-state index contributed by atoms with van der Waals surface area (Å²) in [4.78, 5) is 2.29. The van der Waals surface area contributed by atoms with Crippen LogP contribution in [0.3, 0.4) is 0 Å². The lowest BCUT2D eigenvalue weighted by atomic mass is 9.93. The van der Waals surface area contributed by atoms with Gasteiger partial charge in [-0.1, -0.05) is 49.5 Å². The summed E-state index contributed by atoms with van der Waals surface area (Å²) in [5.41, 5.74) is 0.0836. The Morgan fingerprint density at radius 2 is 1.71 bits per heavy atom.